The first-order valence-electron chi connectivity index (χ1n) is 11.8. The zero-order valence-electron chi connectivity index (χ0n) is 19.4. The number of piperidine rings is 1. The Bertz CT molecular complexity index is 1210. The van der Waals surface area contributed by atoms with Gasteiger partial charge in [0.1, 0.15) is 0 Å². The van der Waals surface area contributed by atoms with E-state index < -0.39 is 10.8 Å². The molecule has 0 aromatic heterocycles. The van der Waals surface area contributed by atoms with Gasteiger partial charge in [-0.2, -0.15) is 0 Å². The second-order valence-corrected chi connectivity index (χ2v) is 8.53. The predicted octanol–water partition coefficient (Wildman–Crippen LogP) is 4.81. The van der Waals surface area contributed by atoms with Crippen LogP contribution in [-0.2, 0) is 6.42 Å². The molecule has 2 N–H and O–H groups in total. The molecule has 8 heteroatoms. The number of rotatable bonds is 8. The zero-order valence-corrected chi connectivity index (χ0v) is 19.4. The number of hydrogen-bond donors (Lipinski definition) is 2. The van der Waals surface area contributed by atoms with Crippen molar-refractivity contribution in [1.82, 2.24) is 5.32 Å². The summed E-state index contributed by atoms with van der Waals surface area (Å²) in [5.41, 5.74) is 2.95. The molecule has 0 saturated carbocycles. The predicted molar refractivity (Wildman–Crippen MR) is 136 cm³/mol. The van der Waals surface area contributed by atoms with Crippen LogP contribution < -0.4 is 15.5 Å². The molecule has 1 fully saturated rings. The summed E-state index contributed by atoms with van der Waals surface area (Å²) >= 11 is 0. The lowest BCUT2D eigenvalue weighted by Crippen LogP contribution is -2.33. The van der Waals surface area contributed by atoms with Gasteiger partial charge in [0.2, 0.25) is 0 Å². The van der Waals surface area contributed by atoms with E-state index in [4.69, 9.17) is 0 Å². The van der Waals surface area contributed by atoms with Crippen LogP contribution in [0.4, 0.5) is 17.1 Å². The summed E-state index contributed by atoms with van der Waals surface area (Å²) in [6.45, 7) is 2.25. The first-order chi connectivity index (χ1) is 17.0. The van der Waals surface area contributed by atoms with Gasteiger partial charge in [0.25, 0.3) is 17.5 Å². The molecule has 35 heavy (non-hydrogen) atoms. The molecule has 8 nitrogen and oxygen atoms in total. The highest BCUT2D eigenvalue weighted by atomic mass is 16.6. The largest absolute Gasteiger partial charge is 0.371 e. The van der Waals surface area contributed by atoms with Gasteiger partial charge in [-0.15, -0.1) is 0 Å². The van der Waals surface area contributed by atoms with Gasteiger partial charge < -0.3 is 15.5 Å². The van der Waals surface area contributed by atoms with Crippen LogP contribution >= 0.6 is 0 Å². The first kappa shape index (κ1) is 23.9. The average molecular weight is 473 g/mol. The number of anilines is 2. The fourth-order valence-electron chi connectivity index (χ4n) is 4.23. The summed E-state index contributed by atoms with van der Waals surface area (Å²) in [7, 11) is 0. The molecule has 0 radical (unpaired) electrons. The van der Waals surface area contributed by atoms with Crippen molar-refractivity contribution in [3.63, 3.8) is 0 Å². The molecule has 1 aliphatic heterocycles. The number of amides is 2. The molecule has 0 unspecified atom stereocenters. The minimum atomic E-state index is -0.540. The number of non-ortho nitro benzene ring substituents is 1. The highest BCUT2D eigenvalue weighted by molar-refractivity contribution is 6.06. The van der Waals surface area contributed by atoms with Crippen molar-refractivity contribution in [2.24, 2.45) is 0 Å². The summed E-state index contributed by atoms with van der Waals surface area (Å²) in [4.78, 5) is 38.7. The van der Waals surface area contributed by atoms with E-state index in [0.717, 1.165) is 43.6 Å². The van der Waals surface area contributed by atoms with Gasteiger partial charge in [0.05, 0.1) is 10.5 Å². The molecule has 2 amide bonds. The molecular formula is C27H28N4O4. The Hall–Kier alpha value is -4.20. The molecule has 0 spiro atoms. The second-order valence-electron chi connectivity index (χ2n) is 8.53. The zero-order chi connectivity index (χ0) is 24.6. The van der Waals surface area contributed by atoms with E-state index in [1.165, 1.54) is 30.7 Å². The maximum absolute atomic E-state index is 13.2. The van der Waals surface area contributed by atoms with Crippen molar-refractivity contribution >= 4 is 28.9 Å². The number of carbonyl (C=O) groups is 2. The van der Waals surface area contributed by atoms with E-state index in [0.29, 0.717) is 17.8 Å². The Morgan fingerprint density at radius 2 is 1.66 bits per heavy atom. The third-order valence-corrected chi connectivity index (χ3v) is 6.06. The van der Waals surface area contributed by atoms with Gasteiger partial charge in [0, 0.05) is 48.7 Å². The number of carbonyl (C=O) groups excluding carboxylic acids is 2. The number of hydrogen-bond acceptors (Lipinski definition) is 5. The standard InChI is InChI=1S/C27H28N4O4/c32-26(21-10-7-11-23(18-21)31(34)35)29-22-12-13-25(30-16-5-2-6-17-30)24(19-22)27(33)28-15-14-20-8-3-1-4-9-20/h1,3-4,7-13,18-19H,2,5-6,14-17H2,(H,28,33)(H,29,32). The van der Waals surface area contributed by atoms with Gasteiger partial charge >= 0.3 is 0 Å². The van der Waals surface area contributed by atoms with Crippen LogP contribution in [0, 0.1) is 10.1 Å². The van der Waals surface area contributed by atoms with Crippen molar-refractivity contribution in [3.05, 3.63) is 99.6 Å². The lowest BCUT2D eigenvalue weighted by molar-refractivity contribution is -0.384. The number of benzene rings is 3. The summed E-state index contributed by atoms with van der Waals surface area (Å²) in [6.07, 6.45) is 4.03. The van der Waals surface area contributed by atoms with Crippen molar-refractivity contribution < 1.29 is 14.5 Å². The minimum absolute atomic E-state index is 0.156. The first-order valence-corrected chi connectivity index (χ1v) is 11.8. The molecule has 0 bridgehead atoms. The Balaban J connectivity index is 1.53. The van der Waals surface area contributed by atoms with Crippen molar-refractivity contribution in [1.29, 1.82) is 0 Å². The maximum atomic E-state index is 13.2. The van der Waals surface area contributed by atoms with E-state index in [1.807, 2.05) is 36.4 Å². The van der Waals surface area contributed by atoms with Crippen molar-refractivity contribution in [3.8, 4) is 0 Å². The Kier molecular flexibility index (Phi) is 7.72. The average Bonchev–Trinajstić information content (AvgIpc) is 2.89. The molecule has 1 heterocycles. The molecule has 1 aliphatic rings. The van der Waals surface area contributed by atoms with Crippen molar-refractivity contribution in [2.45, 2.75) is 25.7 Å². The number of nitro groups is 1. The van der Waals surface area contributed by atoms with Crippen LogP contribution in [0.5, 0.6) is 0 Å². The van der Waals surface area contributed by atoms with Gasteiger partial charge in [-0.25, -0.2) is 0 Å². The fraction of sp³-hybridized carbons (Fsp3) is 0.259. The molecule has 4 rings (SSSR count). The van der Waals surface area contributed by atoms with E-state index in [9.17, 15) is 19.7 Å². The quantitative estimate of drug-likeness (QED) is 0.362. The third kappa shape index (κ3) is 6.23. The summed E-state index contributed by atoms with van der Waals surface area (Å²) in [5, 5.41) is 16.8. The molecular weight excluding hydrogens is 444 g/mol. The molecule has 1 saturated heterocycles. The molecule has 3 aromatic rings. The molecule has 0 aliphatic carbocycles. The van der Waals surface area contributed by atoms with Crippen LogP contribution in [0.15, 0.2) is 72.8 Å². The van der Waals surface area contributed by atoms with E-state index in [-0.39, 0.29) is 17.2 Å². The van der Waals surface area contributed by atoms with Crippen LogP contribution in [0.25, 0.3) is 0 Å². The molecule has 180 valence electrons. The van der Waals surface area contributed by atoms with Gasteiger partial charge in [-0.3, -0.25) is 19.7 Å². The van der Waals surface area contributed by atoms with Gasteiger partial charge in [0.15, 0.2) is 0 Å². The summed E-state index contributed by atoms with van der Waals surface area (Å²) < 4.78 is 0. The summed E-state index contributed by atoms with van der Waals surface area (Å²) in [6, 6.07) is 20.8. The topological polar surface area (TPSA) is 105 Å². The van der Waals surface area contributed by atoms with E-state index in [1.54, 1.807) is 12.1 Å². The fourth-order valence-corrected chi connectivity index (χ4v) is 4.23. The van der Waals surface area contributed by atoms with Crippen LogP contribution in [-0.4, -0.2) is 36.4 Å². The Morgan fingerprint density at radius 1 is 0.886 bits per heavy atom. The minimum Gasteiger partial charge on any atom is -0.371 e. The van der Waals surface area contributed by atoms with Gasteiger partial charge in [-0.05, 0) is 55.5 Å². The maximum Gasteiger partial charge on any atom is 0.270 e. The second kappa shape index (κ2) is 11.3. The van der Waals surface area contributed by atoms with E-state index in [2.05, 4.69) is 15.5 Å². The number of nitrogens with one attached hydrogen (secondary N) is 2. The van der Waals surface area contributed by atoms with E-state index >= 15 is 0 Å². The van der Waals surface area contributed by atoms with Crippen molar-refractivity contribution in [2.75, 3.05) is 29.9 Å². The summed E-state index contributed by atoms with van der Waals surface area (Å²) in [5.74, 6) is -0.678. The Morgan fingerprint density at radius 3 is 2.40 bits per heavy atom. The normalized spacial score (nSPS) is 13.2. The lowest BCUT2D eigenvalue weighted by atomic mass is 10.1. The third-order valence-electron chi connectivity index (χ3n) is 6.06. The smallest absolute Gasteiger partial charge is 0.270 e. The van der Waals surface area contributed by atoms with Crippen LogP contribution in [0.1, 0.15) is 45.5 Å². The monoisotopic (exact) mass is 472 g/mol. The van der Waals surface area contributed by atoms with Gasteiger partial charge in [-0.1, -0.05) is 36.4 Å². The number of nitrogens with zero attached hydrogens (tertiary/aromatic N) is 2. The Labute approximate surface area is 204 Å². The SMILES string of the molecule is O=C(Nc1ccc(N2CCCCC2)c(C(=O)NCCc2ccccc2)c1)c1cccc([N+](=O)[O-])c1. The van der Waals surface area contributed by atoms with Crippen LogP contribution in [0.2, 0.25) is 0 Å². The lowest BCUT2D eigenvalue weighted by Gasteiger charge is -2.30. The molecule has 3 aromatic carbocycles. The van der Waals surface area contributed by atoms with Crippen LogP contribution in [0.3, 0.4) is 0 Å². The highest BCUT2D eigenvalue weighted by Crippen LogP contribution is 2.28. The highest BCUT2D eigenvalue weighted by Gasteiger charge is 2.20. The number of nitro benzene ring substituents is 1. The molecule has 0 atom stereocenters.